The van der Waals surface area contributed by atoms with Gasteiger partial charge in [-0.3, -0.25) is 4.79 Å². The van der Waals surface area contributed by atoms with Crippen LogP contribution in [0.1, 0.15) is 19.0 Å². The molecule has 0 aliphatic rings. The van der Waals surface area contributed by atoms with Crippen LogP contribution >= 0.6 is 23.2 Å². The number of benzene rings is 1. The summed E-state index contributed by atoms with van der Waals surface area (Å²) in [7, 11) is -4.41. The van der Waals surface area contributed by atoms with Gasteiger partial charge in [0, 0.05) is 12.5 Å². The van der Waals surface area contributed by atoms with Gasteiger partial charge < -0.3 is 0 Å². The molecule has 0 spiro atoms. The van der Waals surface area contributed by atoms with E-state index in [9.17, 15) is 26.4 Å². The molecular weight excluding hydrogens is 406 g/mol. The fraction of sp³-hybridized carbons (Fsp3) is 0.154. The smallest absolute Gasteiger partial charge is 0.274 e. The maximum Gasteiger partial charge on any atom is 0.281 e. The fourth-order valence-corrected chi connectivity index (χ4v) is 3.70. The van der Waals surface area contributed by atoms with E-state index in [4.69, 9.17) is 23.2 Å². The standard InChI is InChI=1S/C13H8Cl2F3N3O3S/c1-5(22)21-25(23,24)9-2-6(8(16)3-7(9)14)11-10(15)12(13(17)18)20-4-19-11/h2-4,13H,1H3,(H,21,22). The average molecular weight is 414 g/mol. The molecule has 1 heterocycles. The summed E-state index contributed by atoms with van der Waals surface area (Å²) < 4.78 is 65.8. The van der Waals surface area contributed by atoms with Gasteiger partial charge in [-0.2, -0.15) is 0 Å². The van der Waals surface area contributed by atoms with Gasteiger partial charge in [-0.1, -0.05) is 23.2 Å². The quantitative estimate of drug-likeness (QED) is 0.829. The zero-order chi connectivity index (χ0) is 18.9. The van der Waals surface area contributed by atoms with Gasteiger partial charge in [0.2, 0.25) is 5.91 Å². The van der Waals surface area contributed by atoms with Crippen molar-refractivity contribution in [2.45, 2.75) is 18.2 Å². The molecule has 0 atom stereocenters. The molecule has 0 fully saturated rings. The van der Waals surface area contributed by atoms with E-state index in [1.54, 1.807) is 4.72 Å². The average Bonchev–Trinajstić information content (AvgIpc) is 2.46. The number of hydrogen-bond donors (Lipinski definition) is 1. The third kappa shape index (κ3) is 4.02. The lowest BCUT2D eigenvalue weighted by atomic mass is 10.1. The van der Waals surface area contributed by atoms with Crippen LogP contribution < -0.4 is 4.72 Å². The molecule has 2 rings (SSSR count). The minimum absolute atomic E-state index is 0.444. The maximum atomic E-state index is 14.2. The lowest BCUT2D eigenvalue weighted by Gasteiger charge is -2.12. The summed E-state index contributed by atoms with van der Waals surface area (Å²) in [6, 6.07) is 1.39. The highest BCUT2D eigenvalue weighted by Crippen LogP contribution is 2.36. The van der Waals surface area contributed by atoms with Crippen LogP contribution in [0.25, 0.3) is 11.3 Å². The molecule has 0 aliphatic carbocycles. The van der Waals surface area contributed by atoms with E-state index in [1.165, 1.54) is 0 Å². The van der Waals surface area contributed by atoms with E-state index >= 15 is 0 Å². The van der Waals surface area contributed by atoms with E-state index in [0.717, 1.165) is 19.3 Å². The molecule has 0 radical (unpaired) electrons. The normalized spacial score (nSPS) is 11.6. The Hall–Kier alpha value is -1.91. The molecule has 25 heavy (non-hydrogen) atoms. The molecule has 1 amide bonds. The number of amides is 1. The van der Waals surface area contributed by atoms with Crippen LogP contribution in [0.2, 0.25) is 10.0 Å². The Morgan fingerprint density at radius 3 is 2.44 bits per heavy atom. The molecule has 0 unspecified atom stereocenters. The highest BCUT2D eigenvalue weighted by molar-refractivity contribution is 7.90. The van der Waals surface area contributed by atoms with Crippen LogP contribution in [0.5, 0.6) is 0 Å². The second kappa shape index (κ2) is 7.14. The molecular formula is C13H8Cl2F3N3O3S. The first-order chi connectivity index (χ1) is 11.5. The predicted molar refractivity (Wildman–Crippen MR) is 83.4 cm³/mol. The SMILES string of the molecule is CC(=O)NS(=O)(=O)c1cc(-c2ncnc(C(F)F)c2Cl)c(F)cc1Cl. The number of rotatable bonds is 4. The van der Waals surface area contributed by atoms with Crippen molar-refractivity contribution in [3.05, 3.63) is 40.0 Å². The summed E-state index contributed by atoms with van der Waals surface area (Å²) in [5, 5.41) is -1.16. The Balaban J connectivity index is 2.71. The topological polar surface area (TPSA) is 89.0 Å². The van der Waals surface area contributed by atoms with Crippen LogP contribution in [-0.2, 0) is 14.8 Å². The van der Waals surface area contributed by atoms with Crippen molar-refractivity contribution in [1.82, 2.24) is 14.7 Å². The van der Waals surface area contributed by atoms with Gasteiger partial charge in [-0.25, -0.2) is 36.3 Å². The largest absolute Gasteiger partial charge is 0.281 e. The Kier molecular flexibility index (Phi) is 5.55. The lowest BCUT2D eigenvalue weighted by molar-refractivity contribution is -0.117. The van der Waals surface area contributed by atoms with Gasteiger partial charge in [0.1, 0.15) is 22.7 Å². The van der Waals surface area contributed by atoms with Crippen molar-refractivity contribution < 1.29 is 26.4 Å². The summed E-state index contributed by atoms with van der Waals surface area (Å²) in [5.74, 6) is -1.95. The number of sulfonamides is 1. The number of carbonyl (C=O) groups excluding carboxylic acids is 1. The molecule has 0 saturated heterocycles. The van der Waals surface area contributed by atoms with Crippen molar-refractivity contribution in [2.75, 3.05) is 0 Å². The van der Waals surface area contributed by atoms with Gasteiger partial charge in [0.25, 0.3) is 16.4 Å². The third-order valence-corrected chi connectivity index (χ3v) is 5.14. The van der Waals surface area contributed by atoms with Crippen LogP contribution in [0.4, 0.5) is 13.2 Å². The van der Waals surface area contributed by atoms with Crippen molar-refractivity contribution in [1.29, 1.82) is 0 Å². The minimum Gasteiger partial charge on any atom is -0.274 e. The second-order valence-corrected chi connectivity index (χ2v) is 7.08. The van der Waals surface area contributed by atoms with Gasteiger partial charge in [0.15, 0.2) is 0 Å². The number of nitrogens with zero attached hydrogens (tertiary/aromatic N) is 2. The number of nitrogens with one attached hydrogen (secondary N) is 1. The Labute approximate surface area is 150 Å². The molecule has 1 aromatic heterocycles. The van der Waals surface area contributed by atoms with Crippen LogP contribution in [0, 0.1) is 5.82 Å². The van der Waals surface area contributed by atoms with E-state index in [-0.39, 0.29) is 0 Å². The number of carbonyl (C=O) groups is 1. The van der Waals surface area contributed by atoms with Crippen LogP contribution in [0.3, 0.4) is 0 Å². The molecule has 0 bridgehead atoms. The van der Waals surface area contributed by atoms with Gasteiger partial charge in [-0.05, 0) is 12.1 Å². The summed E-state index contributed by atoms with van der Waals surface area (Å²) >= 11 is 11.5. The molecule has 134 valence electrons. The summed E-state index contributed by atoms with van der Waals surface area (Å²) in [6.07, 6.45) is -2.31. The zero-order valence-electron chi connectivity index (χ0n) is 12.2. The van der Waals surface area contributed by atoms with Gasteiger partial charge >= 0.3 is 0 Å². The molecule has 6 nitrogen and oxygen atoms in total. The molecule has 2 aromatic rings. The summed E-state index contributed by atoms with van der Waals surface area (Å²) in [6.45, 7) is 0.950. The molecule has 0 aliphatic heterocycles. The maximum absolute atomic E-state index is 14.2. The number of aromatic nitrogens is 2. The number of halogens is 5. The van der Waals surface area contributed by atoms with Crippen LogP contribution in [-0.4, -0.2) is 24.3 Å². The van der Waals surface area contributed by atoms with E-state index in [2.05, 4.69) is 9.97 Å². The monoisotopic (exact) mass is 413 g/mol. The Morgan fingerprint density at radius 2 is 1.88 bits per heavy atom. The fourth-order valence-electron chi connectivity index (χ4n) is 1.88. The summed E-state index contributed by atoms with van der Waals surface area (Å²) in [5.41, 5.74) is -1.78. The van der Waals surface area contributed by atoms with Crippen molar-refractivity contribution in [3.63, 3.8) is 0 Å². The molecule has 0 saturated carbocycles. The second-order valence-electron chi connectivity index (χ2n) is 4.65. The van der Waals surface area contributed by atoms with Gasteiger partial charge in [-0.15, -0.1) is 0 Å². The summed E-state index contributed by atoms with van der Waals surface area (Å²) in [4.78, 5) is 17.3. The first-order valence-corrected chi connectivity index (χ1v) is 8.60. The highest BCUT2D eigenvalue weighted by Gasteiger charge is 2.25. The molecule has 1 aromatic carbocycles. The van der Waals surface area contributed by atoms with Gasteiger partial charge in [0.05, 0.1) is 15.7 Å². The Bertz CT molecular complexity index is 955. The van der Waals surface area contributed by atoms with Crippen LogP contribution in [0.15, 0.2) is 23.4 Å². The van der Waals surface area contributed by atoms with Crippen molar-refractivity contribution in [2.24, 2.45) is 0 Å². The van der Waals surface area contributed by atoms with E-state index < -0.39 is 60.1 Å². The number of hydrogen-bond acceptors (Lipinski definition) is 5. The predicted octanol–water partition coefficient (Wildman–Crippen LogP) is 3.35. The third-order valence-electron chi connectivity index (χ3n) is 2.87. The zero-order valence-corrected chi connectivity index (χ0v) is 14.6. The lowest BCUT2D eigenvalue weighted by Crippen LogP contribution is -2.28. The first-order valence-electron chi connectivity index (χ1n) is 6.36. The van der Waals surface area contributed by atoms with Crippen molar-refractivity contribution in [3.8, 4) is 11.3 Å². The number of alkyl halides is 2. The molecule has 12 heteroatoms. The highest BCUT2D eigenvalue weighted by atomic mass is 35.5. The first kappa shape index (κ1) is 19.4. The van der Waals surface area contributed by atoms with Crippen molar-refractivity contribution >= 4 is 39.1 Å². The minimum atomic E-state index is -4.41. The Morgan fingerprint density at radius 1 is 1.24 bits per heavy atom. The van der Waals surface area contributed by atoms with E-state index in [1.807, 2.05) is 0 Å². The van der Waals surface area contributed by atoms with E-state index in [0.29, 0.717) is 6.07 Å². The molecule has 1 N–H and O–H groups in total.